The van der Waals surface area contributed by atoms with Gasteiger partial charge in [0.15, 0.2) is 0 Å². The summed E-state index contributed by atoms with van der Waals surface area (Å²) in [6.07, 6.45) is 7.54. The Bertz CT molecular complexity index is 2860. The summed E-state index contributed by atoms with van der Waals surface area (Å²) in [6.45, 7) is 16.9. The average Bonchev–Trinajstić information content (AvgIpc) is 3.89. The summed E-state index contributed by atoms with van der Waals surface area (Å²) >= 11 is 0. The van der Waals surface area contributed by atoms with Crippen LogP contribution >= 0.6 is 0 Å². The van der Waals surface area contributed by atoms with Gasteiger partial charge in [0.1, 0.15) is 12.1 Å². The van der Waals surface area contributed by atoms with Crippen LogP contribution in [0.4, 0.5) is 4.39 Å². The molecule has 0 saturated carbocycles. The Morgan fingerprint density at radius 3 is 2.29 bits per heavy atom. The van der Waals surface area contributed by atoms with Crippen molar-refractivity contribution < 1.29 is 33.0 Å². The molecule has 78 heavy (non-hydrogen) atoms. The SMILES string of the molecule is CCCN(CCc1cccc(C(=O)NCCOCCOCCN2CCC(CN3CCN(CC(=O)N4CCN(C(=O)c5cc(Cc6n[nH]c(=O)c7ccccc67)ccc5F)CC4)CC3)CC2)c1)C(=O)CN1Cc2cncnc2C1. The van der Waals surface area contributed by atoms with Gasteiger partial charge in [-0.15, -0.1) is 0 Å². The van der Waals surface area contributed by atoms with Gasteiger partial charge in [-0.2, -0.15) is 5.10 Å². The van der Waals surface area contributed by atoms with Gasteiger partial charge in [-0.25, -0.2) is 19.5 Å². The van der Waals surface area contributed by atoms with Gasteiger partial charge in [0.2, 0.25) is 11.8 Å². The molecule has 2 N–H and O–H groups in total. The van der Waals surface area contributed by atoms with Gasteiger partial charge >= 0.3 is 0 Å². The van der Waals surface area contributed by atoms with E-state index in [1.807, 2.05) is 52.4 Å². The van der Waals surface area contributed by atoms with Crippen LogP contribution < -0.4 is 10.9 Å². The Morgan fingerprint density at radius 2 is 1.51 bits per heavy atom. The molecule has 9 rings (SSSR count). The minimum atomic E-state index is -0.597. The van der Waals surface area contributed by atoms with Crippen LogP contribution in [0.15, 0.2) is 84.0 Å². The maximum Gasteiger partial charge on any atom is 0.272 e. The largest absolute Gasteiger partial charge is 0.378 e. The van der Waals surface area contributed by atoms with Crippen molar-refractivity contribution in [3.63, 3.8) is 0 Å². The lowest BCUT2D eigenvalue weighted by molar-refractivity contribution is -0.134. The van der Waals surface area contributed by atoms with Crippen LogP contribution in [0.2, 0.25) is 0 Å². The van der Waals surface area contributed by atoms with Crippen molar-refractivity contribution in [2.45, 2.75) is 52.1 Å². The maximum atomic E-state index is 15.1. The predicted molar refractivity (Wildman–Crippen MR) is 293 cm³/mol. The number of aromatic nitrogens is 4. The first-order valence-corrected chi connectivity index (χ1v) is 27.9. The number of aromatic amines is 1. The first kappa shape index (κ1) is 56.2. The molecular weight excluding hydrogens is 996 g/mol. The van der Waals surface area contributed by atoms with Crippen LogP contribution in [-0.4, -0.2) is 216 Å². The Balaban J connectivity index is 0.581. The Hall–Kier alpha value is -6.55. The fourth-order valence-corrected chi connectivity index (χ4v) is 11.0. The zero-order valence-corrected chi connectivity index (χ0v) is 45.1. The molecule has 6 heterocycles. The topological polar surface area (TPSA) is 193 Å². The van der Waals surface area contributed by atoms with E-state index in [4.69, 9.17) is 9.47 Å². The zero-order valence-electron chi connectivity index (χ0n) is 45.1. The van der Waals surface area contributed by atoms with Gasteiger partial charge in [-0.1, -0.05) is 43.3 Å². The molecule has 4 aliphatic rings. The third kappa shape index (κ3) is 15.4. The molecule has 0 bridgehead atoms. The lowest BCUT2D eigenvalue weighted by Gasteiger charge is -2.40. The Kier molecular flexibility index (Phi) is 20.1. The summed E-state index contributed by atoms with van der Waals surface area (Å²) in [6, 6.07) is 19.3. The standard InChI is InChI=1S/C58H75FN12O7/c1-2-16-69(55(73)41-68-38-47-36-60-42-62-53(47)39-68)19-14-43-6-5-7-46(33-43)56(74)61-15-29-77-31-32-78-30-28-65-17-12-44(13-18-65)37-66-20-22-67(23-21-66)40-54(72)70-24-26-71(27-25-70)58(76)50-34-45(10-11-51(50)59)35-52-48-8-3-4-9-49(48)57(75)64-63-52/h3-11,33-34,36,42,44H,2,12-32,35,37-41H2,1H3,(H,61,74)(H,64,75). The second kappa shape index (κ2) is 27.9. The molecule has 4 aliphatic heterocycles. The lowest BCUT2D eigenvalue weighted by Crippen LogP contribution is -2.55. The number of halogens is 1. The van der Waals surface area contributed by atoms with Crippen LogP contribution in [0.1, 0.15) is 75.0 Å². The van der Waals surface area contributed by atoms with Crippen molar-refractivity contribution in [2.24, 2.45) is 5.92 Å². The molecule has 0 radical (unpaired) electrons. The number of H-pyrrole nitrogens is 1. The number of rotatable bonds is 24. The van der Waals surface area contributed by atoms with Crippen molar-refractivity contribution >= 4 is 34.4 Å². The highest BCUT2D eigenvalue weighted by Crippen LogP contribution is 2.23. The summed E-state index contributed by atoms with van der Waals surface area (Å²) in [4.78, 5) is 88.6. The molecule has 0 spiro atoms. The molecule has 0 aliphatic carbocycles. The number of nitrogens with zero attached hydrogens (tertiary/aromatic N) is 10. The number of amides is 4. The normalized spacial score (nSPS) is 16.9. The molecule has 0 unspecified atom stereocenters. The molecule has 4 amide bonds. The molecule has 5 aromatic rings. The number of hydrogen-bond acceptors (Lipinski definition) is 14. The molecule has 0 atom stereocenters. The molecule has 3 aromatic carbocycles. The van der Waals surface area contributed by atoms with Crippen LogP contribution in [0.5, 0.6) is 0 Å². The van der Waals surface area contributed by atoms with E-state index in [0.717, 1.165) is 88.4 Å². The fourth-order valence-electron chi connectivity index (χ4n) is 11.0. The number of nitrogens with one attached hydrogen (secondary N) is 2. The van der Waals surface area contributed by atoms with Crippen molar-refractivity contribution in [1.29, 1.82) is 0 Å². The summed E-state index contributed by atoms with van der Waals surface area (Å²) in [7, 11) is 0. The van der Waals surface area contributed by atoms with Gasteiger partial charge in [0, 0.05) is 127 Å². The fraction of sp³-hybridized carbons (Fsp3) is 0.517. The summed E-state index contributed by atoms with van der Waals surface area (Å²) in [5.41, 5.74) is 4.71. The van der Waals surface area contributed by atoms with Gasteiger partial charge in [-0.3, -0.25) is 33.8 Å². The first-order valence-electron chi connectivity index (χ1n) is 27.9. The molecule has 19 nitrogen and oxygen atoms in total. The van der Waals surface area contributed by atoms with Crippen molar-refractivity contribution in [3.8, 4) is 0 Å². The van der Waals surface area contributed by atoms with Gasteiger partial charge < -0.3 is 39.3 Å². The van der Waals surface area contributed by atoms with Gasteiger partial charge in [-0.05, 0) is 86.1 Å². The van der Waals surface area contributed by atoms with E-state index in [-0.39, 0.29) is 28.8 Å². The highest BCUT2D eigenvalue weighted by molar-refractivity contribution is 5.95. The van der Waals surface area contributed by atoms with E-state index in [0.29, 0.717) is 145 Å². The van der Waals surface area contributed by atoms with Crippen molar-refractivity contribution in [1.82, 2.24) is 59.8 Å². The van der Waals surface area contributed by atoms with Crippen LogP contribution in [-0.2, 0) is 45.0 Å². The van der Waals surface area contributed by atoms with Gasteiger partial charge in [0.05, 0.1) is 61.9 Å². The Labute approximate surface area is 456 Å². The number of likely N-dealkylation sites (tertiary alicyclic amines) is 1. The third-order valence-corrected chi connectivity index (χ3v) is 15.5. The maximum absolute atomic E-state index is 15.1. The molecule has 3 fully saturated rings. The van der Waals surface area contributed by atoms with E-state index >= 15 is 4.39 Å². The molecule has 416 valence electrons. The third-order valence-electron chi connectivity index (χ3n) is 15.5. The minimum Gasteiger partial charge on any atom is -0.378 e. The average molecular weight is 1070 g/mol. The monoisotopic (exact) mass is 1070 g/mol. The zero-order chi connectivity index (χ0) is 54.2. The number of ether oxygens (including phenoxy) is 2. The summed E-state index contributed by atoms with van der Waals surface area (Å²) < 4.78 is 26.7. The van der Waals surface area contributed by atoms with Crippen molar-refractivity contribution in [3.05, 3.63) is 135 Å². The quantitative estimate of drug-likeness (QED) is 0.0856. The van der Waals surface area contributed by atoms with Gasteiger partial charge in [0.25, 0.3) is 17.4 Å². The number of hydrogen-bond donors (Lipinski definition) is 2. The van der Waals surface area contributed by atoms with Crippen LogP contribution in [0, 0.1) is 11.7 Å². The number of benzene rings is 3. The number of carbonyl (C=O) groups excluding carboxylic acids is 4. The molecular formula is C58H75FN12O7. The van der Waals surface area contributed by atoms with E-state index in [1.165, 1.54) is 6.07 Å². The lowest BCUT2D eigenvalue weighted by atomic mass is 9.96. The van der Waals surface area contributed by atoms with Crippen LogP contribution in [0.3, 0.4) is 0 Å². The second-order valence-corrected chi connectivity index (χ2v) is 21.0. The number of carbonyl (C=O) groups is 4. The predicted octanol–water partition coefficient (Wildman–Crippen LogP) is 3.32. The number of piperidine rings is 1. The summed E-state index contributed by atoms with van der Waals surface area (Å²) in [5, 5.41) is 11.0. The molecule has 20 heteroatoms. The van der Waals surface area contributed by atoms with E-state index < -0.39 is 11.7 Å². The van der Waals surface area contributed by atoms with Crippen LogP contribution in [0.25, 0.3) is 10.8 Å². The first-order chi connectivity index (χ1) is 38.1. The van der Waals surface area contributed by atoms with E-state index in [9.17, 15) is 24.0 Å². The number of fused-ring (bicyclic) bond motifs is 2. The number of piperazine rings is 2. The van der Waals surface area contributed by atoms with E-state index in [1.54, 1.807) is 35.5 Å². The van der Waals surface area contributed by atoms with E-state index in [2.05, 4.69) is 52.0 Å². The smallest absolute Gasteiger partial charge is 0.272 e. The highest BCUT2D eigenvalue weighted by atomic mass is 19.1. The minimum absolute atomic E-state index is 0.0122. The second-order valence-electron chi connectivity index (χ2n) is 21.0. The van der Waals surface area contributed by atoms with Crippen molar-refractivity contribution in [2.75, 3.05) is 138 Å². The highest BCUT2D eigenvalue weighted by Gasteiger charge is 2.30. The summed E-state index contributed by atoms with van der Waals surface area (Å²) in [5.74, 6) is -0.342. The molecule has 3 saturated heterocycles. The molecule has 2 aromatic heterocycles. The Morgan fingerprint density at radius 1 is 0.756 bits per heavy atom.